The van der Waals surface area contributed by atoms with Gasteiger partial charge < -0.3 is 24.9 Å². The Hall–Kier alpha value is -4.32. The average molecular weight is 667 g/mol. The minimum atomic E-state index is -0.896. The minimum absolute atomic E-state index is 0.0356. The minimum Gasteiger partial charge on any atom is -0.478 e. The summed E-state index contributed by atoms with van der Waals surface area (Å²) in [6, 6.07) is 16.9. The number of para-hydroxylation sites is 2. The number of carboxylic acid groups (broad SMARTS) is 1. The van der Waals surface area contributed by atoms with Crippen molar-refractivity contribution in [2.75, 3.05) is 13.1 Å². The maximum absolute atomic E-state index is 12.6. The fourth-order valence-corrected chi connectivity index (χ4v) is 9.46. The van der Waals surface area contributed by atoms with Gasteiger partial charge in [-0.25, -0.2) is 9.59 Å². The van der Waals surface area contributed by atoms with E-state index in [0.717, 1.165) is 73.2 Å². The summed E-state index contributed by atoms with van der Waals surface area (Å²) in [5.41, 5.74) is 2.74. The zero-order valence-electron chi connectivity index (χ0n) is 27.3. The molecule has 4 N–H and O–H groups in total. The standard InChI is InChI=1S/C19H20N2O3.C10H15NO2.C9H7NO2/c22-18-10-21-12-5-11(18)6-13(21)8-14(7-12)24-19(23)16-9-20-17-4-2-1-3-15(16)17;12-9-3-7-1-6-2-8(4-9)11(7)5-10(6)13;11-9(12)7-5-10-8-4-2-1-3-6(7)8/h1-4,9,11-14,20H,5-8,10H2;6-9,12H,1-5H2;1-5,10H,(H,11,12). The van der Waals surface area contributed by atoms with Crippen LogP contribution in [0, 0.1) is 11.8 Å². The number of aromatic nitrogens is 2. The second-order valence-corrected chi connectivity index (χ2v) is 14.7. The number of esters is 1. The molecule has 8 bridgehead atoms. The number of fused-ring (bicyclic) bond motifs is 4. The molecule has 8 fully saturated rings. The van der Waals surface area contributed by atoms with Crippen molar-refractivity contribution in [1.82, 2.24) is 19.8 Å². The van der Waals surface area contributed by atoms with Gasteiger partial charge in [-0.1, -0.05) is 36.4 Å². The lowest BCUT2D eigenvalue weighted by atomic mass is 9.72. The van der Waals surface area contributed by atoms with Crippen molar-refractivity contribution in [3.8, 4) is 0 Å². The lowest BCUT2D eigenvalue weighted by Gasteiger charge is -2.54. The van der Waals surface area contributed by atoms with Crippen LogP contribution in [0.1, 0.15) is 72.1 Å². The van der Waals surface area contributed by atoms with Gasteiger partial charge in [0.05, 0.1) is 30.3 Å². The van der Waals surface area contributed by atoms with Gasteiger partial charge in [-0.2, -0.15) is 0 Å². The summed E-state index contributed by atoms with van der Waals surface area (Å²) in [7, 11) is 0. The predicted molar refractivity (Wildman–Crippen MR) is 181 cm³/mol. The summed E-state index contributed by atoms with van der Waals surface area (Å²) in [5, 5.41) is 20.0. The van der Waals surface area contributed by atoms with Crippen molar-refractivity contribution in [1.29, 1.82) is 0 Å². The predicted octanol–water partition coefficient (Wildman–Crippen LogP) is 4.56. The third kappa shape index (κ3) is 6.08. The van der Waals surface area contributed by atoms with Crippen molar-refractivity contribution in [3.05, 3.63) is 72.1 Å². The number of H-pyrrole nitrogens is 2. The molecule has 11 heteroatoms. The average Bonchev–Trinajstić information content (AvgIpc) is 3.71. The third-order valence-corrected chi connectivity index (χ3v) is 11.8. The van der Waals surface area contributed by atoms with Crippen molar-refractivity contribution in [2.24, 2.45) is 11.8 Å². The molecular formula is C38H42N4O7. The third-order valence-electron chi connectivity index (χ3n) is 11.8. The molecule has 256 valence electrons. The quantitative estimate of drug-likeness (QED) is 0.230. The van der Waals surface area contributed by atoms with Crippen molar-refractivity contribution in [3.63, 3.8) is 0 Å². The Labute approximate surface area is 283 Å². The zero-order valence-corrected chi connectivity index (χ0v) is 27.3. The molecule has 2 aromatic carbocycles. The van der Waals surface area contributed by atoms with Gasteiger partial charge in [-0.05, 0) is 50.7 Å². The summed E-state index contributed by atoms with van der Waals surface area (Å²) in [5.74, 6) is 0.268. The monoisotopic (exact) mass is 666 g/mol. The number of benzene rings is 2. The van der Waals surface area contributed by atoms with E-state index in [1.165, 1.54) is 6.20 Å². The Morgan fingerprint density at radius 1 is 0.653 bits per heavy atom. The van der Waals surface area contributed by atoms with Crippen LogP contribution in [-0.2, 0) is 14.3 Å². The number of aromatic carboxylic acids is 1. The number of carboxylic acids is 1. The van der Waals surface area contributed by atoms with Gasteiger partial charge in [-0.3, -0.25) is 19.4 Å². The highest BCUT2D eigenvalue weighted by molar-refractivity contribution is 6.04. The Morgan fingerprint density at radius 2 is 1.10 bits per heavy atom. The fourth-order valence-electron chi connectivity index (χ4n) is 9.46. The van der Waals surface area contributed by atoms with E-state index >= 15 is 0 Å². The van der Waals surface area contributed by atoms with E-state index in [0.29, 0.717) is 65.9 Å². The lowest BCUT2D eigenvalue weighted by Crippen LogP contribution is -2.63. The van der Waals surface area contributed by atoms with E-state index in [1.807, 2.05) is 42.5 Å². The number of nitrogens with one attached hydrogen (secondary N) is 2. The van der Waals surface area contributed by atoms with Crippen LogP contribution in [0.15, 0.2) is 60.9 Å². The summed E-state index contributed by atoms with van der Waals surface area (Å²) in [6.45, 7) is 1.26. The molecule has 0 amide bonds. The van der Waals surface area contributed by atoms with E-state index in [1.54, 1.807) is 12.3 Å². The molecule has 11 nitrogen and oxygen atoms in total. The molecule has 8 aliphatic rings. The second kappa shape index (κ2) is 12.9. The molecule has 0 saturated carbocycles. The molecule has 4 unspecified atom stereocenters. The molecule has 8 saturated heterocycles. The number of hydrogen-bond donors (Lipinski definition) is 4. The number of nitrogens with zero attached hydrogens (tertiary/aromatic N) is 2. The van der Waals surface area contributed by atoms with Crippen LogP contribution >= 0.6 is 0 Å². The van der Waals surface area contributed by atoms with Gasteiger partial charge in [0.15, 0.2) is 0 Å². The van der Waals surface area contributed by atoms with Crippen LogP contribution in [0.25, 0.3) is 21.8 Å². The lowest BCUT2D eigenvalue weighted by molar-refractivity contribution is -0.145. The van der Waals surface area contributed by atoms with Crippen molar-refractivity contribution in [2.45, 2.75) is 87.7 Å². The molecule has 0 spiro atoms. The molecule has 0 radical (unpaired) electrons. The Balaban J connectivity index is 0.000000117. The van der Waals surface area contributed by atoms with Crippen LogP contribution < -0.4 is 0 Å². The zero-order chi connectivity index (χ0) is 33.8. The van der Waals surface area contributed by atoms with Gasteiger partial charge in [-0.15, -0.1) is 0 Å². The molecule has 49 heavy (non-hydrogen) atoms. The molecular weight excluding hydrogens is 624 g/mol. The van der Waals surface area contributed by atoms with Crippen molar-refractivity contribution < 1.29 is 34.1 Å². The maximum Gasteiger partial charge on any atom is 0.340 e. The second-order valence-electron chi connectivity index (χ2n) is 14.7. The van der Waals surface area contributed by atoms with Crippen LogP contribution in [0.5, 0.6) is 0 Å². The van der Waals surface area contributed by atoms with Crippen LogP contribution in [0.3, 0.4) is 0 Å². The number of Topliss-reactive ketones (excluding diaryl/α,β-unsaturated/α-hetero) is 2. The van der Waals surface area contributed by atoms with E-state index in [-0.39, 0.29) is 24.1 Å². The molecule has 10 heterocycles. The number of rotatable bonds is 3. The molecule has 0 aliphatic carbocycles. The number of piperidine rings is 8. The Bertz CT molecular complexity index is 1880. The Kier molecular flexibility index (Phi) is 8.37. The highest BCUT2D eigenvalue weighted by Gasteiger charge is 2.50. The smallest absolute Gasteiger partial charge is 0.340 e. The number of ketones is 2. The molecule has 4 atom stereocenters. The largest absolute Gasteiger partial charge is 0.478 e. The first kappa shape index (κ1) is 31.9. The van der Waals surface area contributed by atoms with Gasteiger partial charge in [0.25, 0.3) is 0 Å². The number of ether oxygens (including phenoxy) is 1. The van der Waals surface area contributed by atoms with Crippen molar-refractivity contribution >= 4 is 45.3 Å². The fraction of sp³-hybridized carbons (Fsp3) is 0.474. The number of aliphatic hydroxyl groups excluding tert-OH is 1. The van der Waals surface area contributed by atoms with E-state index < -0.39 is 5.97 Å². The molecule has 8 aliphatic heterocycles. The first-order chi connectivity index (χ1) is 23.7. The van der Waals surface area contributed by atoms with Gasteiger partial charge >= 0.3 is 11.9 Å². The van der Waals surface area contributed by atoms with E-state index in [2.05, 4.69) is 19.8 Å². The van der Waals surface area contributed by atoms with E-state index in [4.69, 9.17) is 9.84 Å². The first-order valence-corrected chi connectivity index (χ1v) is 17.5. The topological polar surface area (TPSA) is 156 Å². The number of hydrogen-bond acceptors (Lipinski definition) is 8. The highest BCUT2D eigenvalue weighted by atomic mass is 16.5. The number of aromatic amines is 2. The molecule has 4 aromatic rings. The molecule has 12 rings (SSSR count). The van der Waals surface area contributed by atoms with Gasteiger partial charge in [0, 0.05) is 83.0 Å². The number of carbonyl (C=O) groups excluding carboxylic acids is 3. The Morgan fingerprint density at radius 3 is 1.59 bits per heavy atom. The summed E-state index contributed by atoms with van der Waals surface area (Å²) < 4.78 is 5.84. The van der Waals surface area contributed by atoms with Crippen LogP contribution in [-0.4, -0.2) is 103 Å². The number of aliphatic hydroxyl groups is 1. The van der Waals surface area contributed by atoms with Gasteiger partial charge in [0.2, 0.25) is 0 Å². The normalized spacial score (nSPS) is 33.7. The van der Waals surface area contributed by atoms with E-state index in [9.17, 15) is 24.3 Å². The first-order valence-electron chi connectivity index (χ1n) is 17.5. The highest BCUT2D eigenvalue weighted by Crippen LogP contribution is 2.43. The SMILES string of the molecule is O=C(O)c1c[nH]c2ccccc12.O=C(OC1CC2CC3CC(C1)N2CC3=O)c1c[nH]c2ccccc12.O=C1CN2C3CC(O)CC2CC1C3. The van der Waals surface area contributed by atoms with Gasteiger partial charge in [0.1, 0.15) is 17.7 Å². The summed E-state index contributed by atoms with van der Waals surface area (Å²) in [6.07, 6.45) is 10.5. The molecule has 2 aromatic heterocycles. The number of carbonyl (C=O) groups is 4. The van der Waals surface area contributed by atoms with Crippen LogP contribution in [0.2, 0.25) is 0 Å². The maximum atomic E-state index is 12.6. The summed E-state index contributed by atoms with van der Waals surface area (Å²) in [4.78, 5) is 57.3. The van der Waals surface area contributed by atoms with Crippen LogP contribution in [0.4, 0.5) is 0 Å². The summed E-state index contributed by atoms with van der Waals surface area (Å²) >= 11 is 0.